The first-order valence-corrected chi connectivity index (χ1v) is 7.50. The van der Waals surface area contributed by atoms with Gasteiger partial charge < -0.3 is 19.7 Å². The van der Waals surface area contributed by atoms with Crippen molar-refractivity contribution in [3.8, 4) is 0 Å². The molecule has 8 heteroatoms. The molecule has 8 nitrogen and oxygen atoms in total. The van der Waals surface area contributed by atoms with E-state index in [0.29, 0.717) is 24.8 Å². The zero-order valence-corrected chi connectivity index (χ0v) is 12.9. The van der Waals surface area contributed by atoms with E-state index >= 15 is 0 Å². The third-order valence-electron chi connectivity index (χ3n) is 3.82. The second kappa shape index (κ2) is 6.33. The van der Waals surface area contributed by atoms with Gasteiger partial charge in [0.25, 0.3) is 5.91 Å². The molecule has 1 aliphatic rings. The van der Waals surface area contributed by atoms with Crippen molar-refractivity contribution in [2.24, 2.45) is 0 Å². The lowest BCUT2D eigenvalue weighted by Gasteiger charge is -2.39. The summed E-state index contributed by atoms with van der Waals surface area (Å²) in [5.41, 5.74) is -0.809. The second-order valence-corrected chi connectivity index (χ2v) is 5.73. The Kier molecular flexibility index (Phi) is 4.24. The first-order chi connectivity index (χ1) is 11.1. The van der Waals surface area contributed by atoms with Gasteiger partial charge in [-0.1, -0.05) is 0 Å². The number of aromatic nitrogens is 3. The van der Waals surface area contributed by atoms with E-state index in [0.717, 1.165) is 13.0 Å². The van der Waals surface area contributed by atoms with Crippen molar-refractivity contribution in [2.45, 2.75) is 25.4 Å². The quantitative estimate of drug-likeness (QED) is 0.847. The van der Waals surface area contributed by atoms with Gasteiger partial charge in [0.2, 0.25) is 5.95 Å². The number of rotatable bonds is 4. The van der Waals surface area contributed by atoms with Crippen LogP contribution < -0.4 is 10.2 Å². The number of anilines is 1. The molecule has 0 bridgehead atoms. The van der Waals surface area contributed by atoms with E-state index < -0.39 is 5.60 Å². The van der Waals surface area contributed by atoms with Gasteiger partial charge >= 0.3 is 0 Å². The van der Waals surface area contributed by atoms with Crippen LogP contribution >= 0.6 is 0 Å². The van der Waals surface area contributed by atoms with Gasteiger partial charge in [-0.05, 0) is 18.9 Å². The lowest BCUT2D eigenvalue weighted by Crippen LogP contribution is -2.54. The van der Waals surface area contributed by atoms with Crippen LogP contribution in [0.5, 0.6) is 0 Å². The molecule has 0 aromatic carbocycles. The highest BCUT2D eigenvalue weighted by atomic mass is 16.3. The molecule has 2 aromatic heterocycles. The molecule has 1 atom stereocenters. The standard InChI is InChI=1S/C15H19N5O3/c1-11-19-12(8-23-11)13(21)18-9-15(22)4-2-7-20(10-15)14-16-5-3-6-17-14/h3,5-6,8,22H,2,4,7,9-10H2,1H3,(H,18,21)/t15-/m0/s1. The number of nitrogens with zero attached hydrogens (tertiary/aromatic N) is 4. The number of carbonyl (C=O) groups is 1. The molecule has 122 valence electrons. The van der Waals surface area contributed by atoms with E-state index in [1.165, 1.54) is 6.26 Å². The molecule has 1 fully saturated rings. The Morgan fingerprint density at radius 3 is 2.96 bits per heavy atom. The molecule has 0 unspecified atom stereocenters. The lowest BCUT2D eigenvalue weighted by molar-refractivity contribution is 0.0251. The summed E-state index contributed by atoms with van der Waals surface area (Å²) in [6.07, 6.45) is 6.05. The summed E-state index contributed by atoms with van der Waals surface area (Å²) in [5.74, 6) is 0.659. The summed E-state index contributed by atoms with van der Waals surface area (Å²) in [7, 11) is 0. The average Bonchev–Trinajstić information content (AvgIpc) is 3.00. The van der Waals surface area contributed by atoms with Crippen molar-refractivity contribution in [1.29, 1.82) is 0 Å². The molecule has 0 saturated carbocycles. The van der Waals surface area contributed by atoms with Crippen LogP contribution in [-0.2, 0) is 0 Å². The molecule has 3 rings (SSSR count). The molecule has 23 heavy (non-hydrogen) atoms. The molecule has 0 radical (unpaired) electrons. The molecule has 1 amide bonds. The van der Waals surface area contributed by atoms with Gasteiger partial charge in [0.1, 0.15) is 6.26 Å². The monoisotopic (exact) mass is 317 g/mol. The number of hydrogen-bond acceptors (Lipinski definition) is 7. The summed E-state index contributed by atoms with van der Waals surface area (Å²) in [6, 6.07) is 1.75. The first-order valence-electron chi connectivity index (χ1n) is 7.50. The number of hydrogen-bond donors (Lipinski definition) is 2. The van der Waals surface area contributed by atoms with Gasteiger partial charge in [-0.3, -0.25) is 4.79 Å². The van der Waals surface area contributed by atoms with Gasteiger partial charge in [-0.15, -0.1) is 0 Å². The summed E-state index contributed by atoms with van der Waals surface area (Å²) >= 11 is 0. The fraction of sp³-hybridized carbons (Fsp3) is 0.467. The largest absolute Gasteiger partial charge is 0.448 e. The van der Waals surface area contributed by atoms with Crippen LogP contribution in [0.15, 0.2) is 29.1 Å². The average molecular weight is 317 g/mol. The van der Waals surface area contributed by atoms with Crippen LogP contribution in [0.4, 0.5) is 5.95 Å². The molecule has 0 spiro atoms. The maximum absolute atomic E-state index is 12.0. The highest BCUT2D eigenvalue weighted by molar-refractivity contribution is 5.91. The van der Waals surface area contributed by atoms with Crippen LogP contribution in [0.3, 0.4) is 0 Å². The molecule has 0 aliphatic carbocycles. The first kappa shape index (κ1) is 15.4. The van der Waals surface area contributed by atoms with Crippen molar-refractivity contribution >= 4 is 11.9 Å². The van der Waals surface area contributed by atoms with Crippen LogP contribution in [0.1, 0.15) is 29.2 Å². The van der Waals surface area contributed by atoms with Gasteiger partial charge in [-0.2, -0.15) is 0 Å². The molecule has 1 saturated heterocycles. The third kappa shape index (κ3) is 3.65. The number of piperidine rings is 1. The third-order valence-corrected chi connectivity index (χ3v) is 3.82. The van der Waals surface area contributed by atoms with Crippen LogP contribution in [0.2, 0.25) is 0 Å². The Balaban J connectivity index is 1.61. The van der Waals surface area contributed by atoms with E-state index in [1.807, 2.05) is 4.90 Å². The fourth-order valence-electron chi connectivity index (χ4n) is 2.68. The number of aryl methyl sites for hydroxylation is 1. The number of nitrogens with one attached hydrogen (secondary N) is 1. The summed E-state index contributed by atoms with van der Waals surface area (Å²) in [5, 5.41) is 13.5. The van der Waals surface area contributed by atoms with Crippen LogP contribution in [-0.4, -0.2) is 51.2 Å². The van der Waals surface area contributed by atoms with E-state index in [-0.39, 0.29) is 18.1 Å². The number of oxazole rings is 1. The minimum absolute atomic E-state index is 0.140. The molecule has 2 aromatic rings. The zero-order valence-electron chi connectivity index (χ0n) is 12.9. The highest BCUT2D eigenvalue weighted by Gasteiger charge is 2.34. The number of aliphatic hydroxyl groups is 1. The minimum Gasteiger partial charge on any atom is -0.448 e. The van der Waals surface area contributed by atoms with Gasteiger partial charge in [-0.25, -0.2) is 15.0 Å². The summed E-state index contributed by atoms with van der Waals surface area (Å²) in [4.78, 5) is 26.3. The Bertz CT molecular complexity index is 675. The molecule has 2 N–H and O–H groups in total. The number of β-amino-alcohol motifs (C(OH)–C–C–N with tert-alkyl or cyclic N) is 1. The maximum Gasteiger partial charge on any atom is 0.273 e. The Labute approximate surface area is 133 Å². The van der Waals surface area contributed by atoms with Crippen molar-refractivity contribution in [1.82, 2.24) is 20.3 Å². The number of amides is 1. The fourth-order valence-corrected chi connectivity index (χ4v) is 2.68. The smallest absolute Gasteiger partial charge is 0.273 e. The van der Waals surface area contributed by atoms with Crippen molar-refractivity contribution in [3.05, 3.63) is 36.3 Å². The predicted octanol–water partition coefficient (Wildman–Crippen LogP) is 0.534. The Morgan fingerprint density at radius 2 is 2.26 bits per heavy atom. The predicted molar refractivity (Wildman–Crippen MR) is 82.0 cm³/mol. The normalized spacial score (nSPS) is 21.2. The van der Waals surface area contributed by atoms with Gasteiger partial charge in [0.15, 0.2) is 11.6 Å². The van der Waals surface area contributed by atoms with Crippen molar-refractivity contribution in [3.63, 3.8) is 0 Å². The number of carbonyl (C=O) groups excluding carboxylic acids is 1. The highest BCUT2D eigenvalue weighted by Crippen LogP contribution is 2.23. The van der Waals surface area contributed by atoms with Gasteiger partial charge in [0.05, 0.1) is 12.1 Å². The van der Waals surface area contributed by atoms with Gasteiger partial charge in [0, 0.05) is 32.4 Å². The molecular formula is C15H19N5O3. The van der Waals surface area contributed by atoms with Crippen LogP contribution in [0.25, 0.3) is 0 Å². The maximum atomic E-state index is 12.0. The van der Waals surface area contributed by atoms with E-state index in [1.54, 1.807) is 25.4 Å². The van der Waals surface area contributed by atoms with E-state index in [9.17, 15) is 9.90 Å². The van der Waals surface area contributed by atoms with Crippen LogP contribution in [0, 0.1) is 6.92 Å². The zero-order chi connectivity index (χ0) is 16.3. The molecular weight excluding hydrogens is 298 g/mol. The van der Waals surface area contributed by atoms with E-state index in [4.69, 9.17) is 4.42 Å². The van der Waals surface area contributed by atoms with E-state index in [2.05, 4.69) is 20.3 Å². The van der Waals surface area contributed by atoms with Crippen molar-refractivity contribution in [2.75, 3.05) is 24.5 Å². The molecule has 1 aliphatic heterocycles. The van der Waals surface area contributed by atoms with Crippen molar-refractivity contribution < 1.29 is 14.3 Å². The SMILES string of the molecule is Cc1nc(C(=O)NC[C@@]2(O)CCCN(c3ncccn3)C2)co1. The Morgan fingerprint density at radius 1 is 1.48 bits per heavy atom. The minimum atomic E-state index is -1.02. The topological polar surface area (TPSA) is 104 Å². The lowest BCUT2D eigenvalue weighted by atomic mass is 9.93. The summed E-state index contributed by atoms with van der Waals surface area (Å²) in [6.45, 7) is 2.96. The Hall–Kier alpha value is -2.48. The summed E-state index contributed by atoms with van der Waals surface area (Å²) < 4.78 is 5.02. The molecule has 3 heterocycles. The second-order valence-electron chi connectivity index (χ2n) is 5.73.